The van der Waals surface area contributed by atoms with Gasteiger partial charge < -0.3 is 9.84 Å². The summed E-state index contributed by atoms with van der Waals surface area (Å²) in [7, 11) is 0. The fourth-order valence-electron chi connectivity index (χ4n) is 2.47. The lowest BCUT2D eigenvalue weighted by molar-refractivity contribution is -0.114. The zero-order valence-corrected chi connectivity index (χ0v) is 15.3. The SMILES string of the molecule is C[C@@H](C/C=C/C(=O)CCCOc1ccccc1)CCCC(C)(C)O. The third-order valence-electron chi connectivity index (χ3n) is 3.91. The average molecular weight is 332 g/mol. The van der Waals surface area contributed by atoms with Crippen molar-refractivity contribution in [2.24, 2.45) is 5.92 Å². The summed E-state index contributed by atoms with van der Waals surface area (Å²) >= 11 is 0. The number of ether oxygens (including phenoxy) is 1. The summed E-state index contributed by atoms with van der Waals surface area (Å²) in [6.07, 6.45) is 8.77. The topological polar surface area (TPSA) is 46.5 Å². The molecule has 24 heavy (non-hydrogen) atoms. The molecule has 0 unspecified atom stereocenters. The van der Waals surface area contributed by atoms with Crippen molar-refractivity contribution in [3.05, 3.63) is 42.5 Å². The van der Waals surface area contributed by atoms with E-state index in [1.165, 1.54) is 0 Å². The van der Waals surface area contributed by atoms with Crippen molar-refractivity contribution < 1.29 is 14.6 Å². The standard InChI is InChI=1S/C21H32O3/c1-18(11-8-16-21(2,3)23)10-7-12-19(22)13-9-17-24-20-14-5-4-6-15-20/h4-7,12,14-15,18,23H,8-11,13,16-17H2,1-3H3/b12-7+/t18-/m0/s1. The van der Waals surface area contributed by atoms with E-state index in [9.17, 15) is 9.90 Å². The highest BCUT2D eigenvalue weighted by atomic mass is 16.5. The molecule has 0 aliphatic rings. The van der Waals surface area contributed by atoms with E-state index in [0.29, 0.717) is 18.9 Å². The number of hydrogen-bond donors (Lipinski definition) is 1. The normalized spacial score (nSPS) is 13.2. The van der Waals surface area contributed by atoms with Crippen LogP contribution in [0.15, 0.2) is 42.5 Å². The van der Waals surface area contributed by atoms with Crippen molar-refractivity contribution in [2.75, 3.05) is 6.61 Å². The fourth-order valence-corrected chi connectivity index (χ4v) is 2.47. The van der Waals surface area contributed by atoms with Gasteiger partial charge in [-0.1, -0.05) is 44.0 Å². The van der Waals surface area contributed by atoms with Gasteiger partial charge in [0, 0.05) is 6.42 Å². The van der Waals surface area contributed by atoms with Gasteiger partial charge in [0.2, 0.25) is 0 Å². The Balaban J connectivity index is 2.08. The Morgan fingerprint density at radius 1 is 1.25 bits per heavy atom. The van der Waals surface area contributed by atoms with Gasteiger partial charge in [0.25, 0.3) is 0 Å². The van der Waals surface area contributed by atoms with Gasteiger partial charge in [0.1, 0.15) is 5.75 Å². The number of hydrogen-bond acceptors (Lipinski definition) is 3. The van der Waals surface area contributed by atoms with Gasteiger partial charge in [0.15, 0.2) is 5.78 Å². The summed E-state index contributed by atoms with van der Waals surface area (Å²) in [6, 6.07) is 9.66. The molecule has 0 saturated carbocycles. The molecule has 0 radical (unpaired) electrons. The van der Waals surface area contributed by atoms with E-state index >= 15 is 0 Å². The first kappa shape index (κ1) is 20.4. The second-order valence-electron chi connectivity index (χ2n) is 7.18. The van der Waals surface area contributed by atoms with Gasteiger partial charge in [-0.2, -0.15) is 0 Å². The maximum Gasteiger partial charge on any atom is 0.155 e. The Kier molecular flexibility index (Phi) is 9.39. The second-order valence-corrected chi connectivity index (χ2v) is 7.18. The molecule has 0 bridgehead atoms. The monoisotopic (exact) mass is 332 g/mol. The third kappa shape index (κ3) is 11.0. The minimum Gasteiger partial charge on any atom is -0.494 e. The van der Waals surface area contributed by atoms with Gasteiger partial charge in [-0.3, -0.25) is 4.79 Å². The average Bonchev–Trinajstić information content (AvgIpc) is 2.51. The molecule has 1 N–H and O–H groups in total. The molecule has 3 heteroatoms. The van der Waals surface area contributed by atoms with E-state index in [1.807, 2.05) is 50.3 Å². The summed E-state index contributed by atoms with van der Waals surface area (Å²) in [5.41, 5.74) is -0.576. The van der Waals surface area contributed by atoms with Crippen molar-refractivity contribution in [2.45, 2.75) is 64.9 Å². The van der Waals surface area contributed by atoms with E-state index in [1.54, 1.807) is 6.08 Å². The lowest BCUT2D eigenvalue weighted by Gasteiger charge is -2.17. The molecule has 3 nitrogen and oxygen atoms in total. The van der Waals surface area contributed by atoms with Crippen molar-refractivity contribution in [1.82, 2.24) is 0 Å². The van der Waals surface area contributed by atoms with E-state index in [0.717, 1.165) is 37.9 Å². The fraction of sp³-hybridized carbons (Fsp3) is 0.571. The van der Waals surface area contributed by atoms with E-state index in [-0.39, 0.29) is 5.78 Å². The first-order valence-electron chi connectivity index (χ1n) is 8.96. The number of carbonyl (C=O) groups is 1. The Bertz CT molecular complexity index is 486. The van der Waals surface area contributed by atoms with Crippen molar-refractivity contribution in [3.8, 4) is 5.75 Å². The Morgan fingerprint density at radius 3 is 2.62 bits per heavy atom. The number of para-hydroxylation sites is 1. The number of carbonyl (C=O) groups excluding carboxylic acids is 1. The molecule has 1 atom stereocenters. The largest absolute Gasteiger partial charge is 0.494 e. The van der Waals surface area contributed by atoms with Gasteiger partial charge in [0.05, 0.1) is 12.2 Å². The minimum absolute atomic E-state index is 0.162. The number of aliphatic hydroxyl groups is 1. The molecule has 0 aliphatic heterocycles. The highest BCUT2D eigenvalue weighted by Gasteiger charge is 2.12. The predicted octanol–water partition coefficient (Wildman–Crippen LogP) is 4.94. The van der Waals surface area contributed by atoms with Gasteiger partial charge in [-0.05, 0) is 57.2 Å². The molecule has 0 saturated heterocycles. The van der Waals surface area contributed by atoms with E-state index in [4.69, 9.17) is 4.74 Å². The molecule has 134 valence electrons. The van der Waals surface area contributed by atoms with Gasteiger partial charge in [-0.25, -0.2) is 0 Å². The molecule has 0 heterocycles. The molecule has 0 aromatic heterocycles. The predicted molar refractivity (Wildman–Crippen MR) is 99.2 cm³/mol. The van der Waals surface area contributed by atoms with Crippen LogP contribution in [0.1, 0.15) is 59.3 Å². The molecular weight excluding hydrogens is 300 g/mol. The second kappa shape index (κ2) is 11.0. The Hall–Kier alpha value is -1.61. The van der Waals surface area contributed by atoms with Crippen LogP contribution in [-0.2, 0) is 4.79 Å². The lowest BCUT2D eigenvalue weighted by atomic mass is 9.95. The zero-order valence-electron chi connectivity index (χ0n) is 15.3. The summed E-state index contributed by atoms with van der Waals surface area (Å²) in [6.45, 7) is 6.44. The zero-order chi connectivity index (χ0) is 17.8. The number of allylic oxidation sites excluding steroid dienone is 2. The summed E-state index contributed by atoms with van der Waals surface area (Å²) < 4.78 is 5.57. The number of ketones is 1. The maximum absolute atomic E-state index is 11.8. The van der Waals surface area contributed by atoms with E-state index < -0.39 is 5.60 Å². The quantitative estimate of drug-likeness (QED) is 0.436. The maximum atomic E-state index is 11.8. The molecule has 1 rings (SSSR count). The van der Waals surface area contributed by atoms with Crippen LogP contribution >= 0.6 is 0 Å². The molecule has 0 fully saturated rings. The number of benzene rings is 1. The lowest BCUT2D eigenvalue weighted by Crippen LogP contribution is -2.18. The van der Waals surface area contributed by atoms with Crippen molar-refractivity contribution >= 4 is 5.78 Å². The third-order valence-corrected chi connectivity index (χ3v) is 3.91. The molecule has 0 spiro atoms. The summed E-state index contributed by atoms with van der Waals surface area (Å²) in [5.74, 6) is 1.55. The number of rotatable bonds is 12. The van der Waals surface area contributed by atoms with Crippen LogP contribution in [0, 0.1) is 5.92 Å². The molecule has 1 aromatic rings. The van der Waals surface area contributed by atoms with Crippen LogP contribution in [0.5, 0.6) is 5.75 Å². The first-order valence-corrected chi connectivity index (χ1v) is 8.96. The van der Waals surface area contributed by atoms with Crippen LogP contribution in [0.2, 0.25) is 0 Å². The Morgan fingerprint density at radius 2 is 1.96 bits per heavy atom. The highest BCUT2D eigenvalue weighted by Crippen LogP contribution is 2.18. The summed E-state index contributed by atoms with van der Waals surface area (Å²) in [5, 5.41) is 9.69. The van der Waals surface area contributed by atoms with Gasteiger partial charge >= 0.3 is 0 Å². The minimum atomic E-state index is -0.576. The smallest absolute Gasteiger partial charge is 0.155 e. The molecule has 0 aliphatic carbocycles. The van der Waals surface area contributed by atoms with Crippen LogP contribution in [0.3, 0.4) is 0 Å². The van der Waals surface area contributed by atoms with Crippen LogP contribution < -0.4 is 4.74 Å². The van der Waals surface area contributed by atoms with E-state index in [2.05, 4.69) is 6.92 Å². The van der Waals surface area contributed by atoms with Crippen LogP contribution in [-0.4, -0.2) is 23.1 Å². The van der Waals surface area contributed by atoms with Crippen molar-refractivity contribution in [1.29, 1.82) is 0 Å². The Labute approximate surface area is 146 Å². The first-order chi connectivity index (χ1) is 11.4. The highest BCUT2D eigenvalue weighted by molar-refractivity contribution is 5.89. The van der Waals surface area contributed by atoms with Crippen LogP contribution in [0.25, 0.3) is 0 Å². The van der Waals surface area contributed by atoms with Gasteiger partial charge in [-0.15, -0.1) is 0 Å². The van der Waals surface area contributed by atoms with Crippen molar-refractivity contribution in [3.63, 3.8) is 0 Å². The molecule has 0 amide bonds. The molecule has 1 aromatic carbocycles. The van der Waals surface area contributed by atoms with Crippen LogP contribution in [0.4, 0.5) is 0 Å². The summed E-state index contributed by atoms with van der Waals surface area (Å²) in [4.78, 5) is 11.8. The molecular formula is C21H32O3.